The van der Waals surface area contributed by atoms with Gasteiger partial charge in [-0.2, -0.15) is 9.78 Å². The van der Waals surface area contributed by atoms with E-state index in [1.54, 1.807) is 36.4 Å². The largest absolute Gasteiger partial charge is 0.493 e. The third kappa shape index (κ3) is 4.82. The highest BCUT2D eigenvalue weighted by Crippen LogP contribution is 2.38. The lowest BCUT2D eigenvalue weighted by Gasteiger charge is -2.13. The number of hydrogen-bond acceptors (Lipinski definition) is 12. The second kappa shape index (κ2) is 10.3. The van der Waals surface area contributed by atoms with Gasteiger partial charge in [0.1, 0.15) is 5.69 Å². The minimum Gasteiger partial charge on any atom is -0.493 e. The van der Waals surface area contributed by atoms with Gasteiger partial charge in [0.05, 0.1) is 20.4 Å². The number of anilines is 1. The molecule has 0 atom stereocenters. The number of ether oxygens (including phenoxy) is 3. The monoisotopic (exact) mass is 492 g/mol. The Bertz CT molecular complexity index is 1400. The summed E-state index contributed by atoms with van der Waals surface area (Å²) in [4.78, 5) is 24.6. The number of nitrogens with one attached hydrogen (secondary N) is 1. The first-order chi connectivity index (χ1) is 17.4. The van der Waals surface area contributed by atoms with Crippen molar-refractivity contribution in [3.05, 3.63) is 53.7 Å². The number of rotatable bonds is 8. The van der Waals surface area contributed by atoms with E-state index in [-0.39, 0.29) is 40.3 Å². The molecule has 2 aromatic heterocycles. The van der Waals surface area contributed by atoms with Gasteiger partial charge in [-0.3, -0.25) is 9.59 Å². The molecule has 0 unspecified atom stereocenters. The van der Waals surface area contributed by atoms with Crippen LogP contribution in [0.3, 0.4) is 0 Å². The van der Waals surface area contributed by atoms with Gasteiger partial charge in [-0.05, 0) is 22.4 Å². The van der Waals surface area contributed by atoms with Crippen LogP contribution in [0.5, 0.6) is 17.2 Å². The summed E-state index contributed by atoms with van der Waals surface area (Å²) in [5.41, 5.74) is 9.60. The number of esters is 1. The van der Waals surface area contributed by atoms with E-state index < -0.39 is 11.9 Å². The number of hydrogen-bond donors (Lipinski definition) is 2. The molecule has 4 rings (SSSR count). The van der Waals surface area contributed by atoms with Gasteiger partial charge in [-0.15, -0.1) is 5.10 Å². The molecule has 14 heteroatoms. The lowest BCUT2D eigenvalue weighted by molar-refractivity contribution is -0.132. The summed E-state index contributed by atoms with van der Waals surface area (Å²) in [7, 11) is 2.82. The summed E-state index contributed by atoms with van der Waals surface area (Å²) in [6, 6.07) is 12.1. The molecular weight excluding hydrogens is 472 g/mol. The first-order valence-electron chi connectivity index (χ1n) is 10.3. The molecule has 0 radical (unpaired) electrons. The maximum Gasteiger partial charge on any atom is 0.308 e. The summed E-state index contributed by atoms with van der Waals surface area (Å²) in [5.74, 6) is -0.691. The SMILES string of the molecule is COc1cc(C=NNC(=O)c2c(-c3ccccc3)nnn2-c2nonc2N)cc(OC)c1OC(C)=O. The van der Waals surface area contributed by atoms with Crippen LogP contribution in [0.15, 0.2) is 52.2 Å². The van der Waals surface area contributed by atoms with E-state index in [0.717, 1.165) is 4.68 Å². The Morgan fingerprint density at radius 2 is 1.81 bits per heavy atom. The van der Waals surface area contributed by atoms with Crippen LogP contribution in [-0.4, -0.2) is 57.6 Å². The molecular formula is C22H20N8O6. The van der Waals surface area contributed by atoms with Gasteiger partial charge in [0, 0.05) is 18.1 Å². The Balaban J connectivity index is 1.65. The van der Waals surface area contributed by atoms with Crippen molar-refractivity contribution >= 4 is 23.9 Å². The molecule has 36 heavy (non-hydrogen) atoms. The van der Waals surface area contributed by atoms with Crippen molar-refractivity contribution in [1.29, 1.82) is 0 Å². The van der Waals surface area contributed by atoms with Gasteiger partial charge in [0.15, 0.2) is 17.2 Å². The predicted molar refractivity (Wildman–Crippen MR) is 125 cm³/mol. The highest BCUT2D eigenvalue weighted by Gasteiger charge is 2.26. The van der Waals surface area contributed by atoms with Crippen LogP contribution in [0.4, 0.5) is 5.82 Å². The van der Waals surface area contributed by atoms with Crippen LogP contribution in [0.1, 0.15) is 23.0 Å². The van der Waals surface area contributed by atoms with Gasteiger partial charge in [0.2, 0.25) is 17.4 Å². The fraction of sp³-hybridized carbons (Fsp3) is 0.136. The molecule has 4 aromatic rings. The zero-order valence-electron chi connectivity index (χ0n) is 19.3. The normalized spacial score (nSPS) is 10.9. The number of carbonyl (C=O) groups excluding carboxylic acids is 2. The Hall–Kier alpha value is -5.27. The van der Waals surface area contributed by atoms with Crippen LogP contribution < -0.4 is 25.4 Å². The van der Waals surface area contributed by atoms with Crippen molar-refractivity contribution in [2.75, 3.05) is 20.0 Å². The summed E-state index contributed by atoms with van der Waals surface area (Å²) < 4.78 is 21.5. The number of hydrazone groups is 1. The van der Waals surface area contributed by atoms with Gasteiger partial charge < -0.3 is 19.9 Å². The predicted octanol–water partition coefficient (Wildman–Crippen LogP) is 1.61. The van der Waals surface area contributed by atoms with Crippen molar-refractivity contribution in [1.82, 2.24) is 30.7 Å². The van der Waals surface area contributed by atoms with E-state index in [4.69, 9.17) is 19.9 Å². The lowest BCUT2D eigenvalue weighted by Crippen LogP contribution is -2.22. The fourth-order valence-electron chi connectivity index (χ4n) is 3.20. The lowest BCUT2D eigenvalue weighted by atomic mass is 10.1. The highest BCUT2D eigenvalue weighted by molar-refractivity contribution is 5.99. The van der Waals surface area contributed by atoms with Crippen LogP contribution in [-0.2, 0) is 4.79 Å². The van der Waals surface area contributed by atoms with E-state index in [1.165, 1.54) is 27.4 Å². The summed E-state index contributed by atoms with van der Waals surface area (Å²) in [6.45, 7) is 1.26. The first kappa shape index (κ1) is 23.9. The molecule has 0 aliphatic rings. The molecule has 0 saturated heterocycles. The number of nitrogens with zero attached hydrogens (tertiary/aromatic N) is 6. The maximum absolute atomic E-state index is 13.2. The smallest absolute Gasteiger partial charge is 0.308 e. The number of amides is 1. The van der Waals surface area contributed by atoms with Crippen molar-refractivity contribution in [2.24, 2.45) is 5.10 Å². The van der Waals surface area contributed by atoms with E-state index >= 15 is 0 Å². The van der Waals surface area contributed by atoms with Crippen molar-refractivity contribution in [2.45, 2.75) is 6.92 Å². The first-order valence-corrected chi connectivity index (χ1v) is 10.3. The Morgan fingerprint density at radius 3 is 2.39 bits per heavy atom. The average molecular weight is 492 g/mol. The van der Waals surface area contributed by atoms with Crippen LogP contribution in [0, 0.1) is 0 Å². The number of aromatic nitrogens is 5. The van der Waals surface area contributed by atoms with Crippen LogP contribution in [0.25, 0.3) is 17.1 Å². The third-order valence-corrected chi connectivity index (χ3v) is 4.74. The van der Waals surface area contributed by atoms with Crippen molar-refractivity contribution < 1.29 is 28.4 Å². The number of nitrogen functional groups attached to an aromatic ring is 1. The minimum absolute atomic E-state index is 0.00103. The highest BCUT2D eigenvalue weighted by atomic mass is 16.6. The fourth-order valence-corrected chi connectivity index (χ4v) is 3.20. The second-order valence-corrected chi connectivity index (χ2v) is 7.08. The Labute approximate surface area is 203 Å². The average Bonchev–Trinajstić information content (AvgIpc) is 3.50. The van der Waals surface area contributed by atoms with Gasteiger partial charge in [-0.25, -0.2) is 10.1 Å². The standard InChI is InChI=1S/C22H20N8O6/c1-12(31)35-19-15(33-2)9-13(10-16(19)34-3)11-24-26-22(32)18-17(14-7-5-4-6-8-14)25-29-30(18)21-20(23)27-36-28-21/h4-11H,1-3H3,(H2,23,27)(H,26,32). The molecule has 0 fully saturated rings. The van der Waals surface area contributed by atoms with Crippen molar-refractivity contribution in [3.63, 3.8) is 0 Å². The van der Waals surface area contributed by atoms with Crippen LogP contribution >= 0.6 is 0 Å². The third-order valence-electron chi connectivity index (χ3n) is 4.74. The molecule has 0 saturated carbocycles. The minimum atomic E-state index is -0.659. The molecule has 184 valence electrons. The van der Waals surface area contributed by atoms with E-state index in [2.05, 4.69) is 35.8 Å². The molecule has 2 aromatic carbocycles. The molecule has 2 heterocycles. The Morgan fingerprint density at radius 1 is 1.11 bits per heavy atom. The zero-order valence-corrected chi connectivity index (χ0v) is 19.3. The number of carbonyl (C=O) groups is 2. The van der Waals surface area contributed by atoms with E-state index in [9.17, 15) is 9.59 Å². The van der Waals surface area contributed by atoms with Crippen LogP contribution in [0.2, 0.25) is 0 Å². The maximum atomic E-state index is 13.2. The molecule has 14 nitrogen and oxygen atoms in total. The summed E-state index contributed by atoms with van der Waals surface area (Å²) in [5, 5.41) is 19.3. The molecule has 0 aliphatic heterocycles. The molecule has 0 spiro atoms. The molecule has 3 N–H and O–H groups in total. The van der Waals surface area contributed by atoms with E-state index in [1.807, 2.05) is 6.07 Å². The van der Waals surface area contributed by atoms with Crippen molar-refractivity contribution in [3.8, 4) is 34.3 Å². The topological polar surface area (TPSA) is 182 Å². The zero-order chi connectivity index (χ0) is 25.7. The summed E-state index contributed by atoms with van der Waals surface area (Å²) in [6.07, 6.45) is 1.35. The Kier molecular flexibility index (Phi) is 6.85. The molecule has 1 amide bonds. The number of nitrogens with two attached hydrogens (primary N) is 1. The van der Waals surface area contributed by atoms with Gasteiger partial charge in [0.25, 0.3) is 5.91 Å². The summed E-state index contributed by atoms with van der Waals surface area (Å²) >= 11 is 0. The number of benzene rings is 2. The van der Waals surface area contributed by atoms with Gasteiger partial charge in [-0.1, -0.05) is 35.5 Å². The number of methoxy groups -OCH3 is 2. The van der Waals surface area contributed by atoms with E-state index in [0.29, 0.717) is 11.1 Å². The molecule has 0 bridgehead atoms. The molecule has 0 aliphatic carbocycles. The van der Waals surface area contributed by atoms with Gasteiger partial charge >= 0.3 is 5.97 Å². The second-order valence-electron chi connectivity index (χ2n) is 7.08. The quantitative estimate of drug-likeness (QED) is 0.158.